The van der Waals surface area contributed by atoms with Gasteiger partial charge >= 0.3 is 6.18 Å². The van der Waals surface area contributed by atoms with Crippen LogP contribution in [0.25, 0.3) is 0 Å². The minimum Gasteiger partial charge on any atom is -0.508 e. The second-order valence-corrected chi connectivity index (χ2v) is 8.49. The molecule has 0 unspecified atom stereocenters. The minimum absolute atomic E-state index is 0.0323. The maximum atomic E-state index is 13.8. The molecule has 1 aliphatic carbocycles. The molecule has 1 aliphatic rings. The molecule has 168 valence electrons. The molecule has 1 fully saturated rings. The Labute approximate surface area is 180 Å². The third-order valence-electron chi connectivity index (χ3n) is 6.17. The Morgan fingerprint density at radius 3 is 2.42 bits per heavy atom. The summed E-state index contributed by atoms with van der Waals surface area (Å²) in [6.07, 6.45) is -0.958. The number of hydrogen-bond acceptors (Lipinski definition) is 4. The fourth-order valence-electron chi connectivity index (χ4n) is 4.01. The number of nitrogens with zero attached hydrogens (tertiary/aromatic N) is 2. The lowest BCUT2D eigenvalue weighted by molar-refractivity contribution is -0.194. The molecule has 31 heavy (non-hydrogen) atoms. The molecule has 0 spiro atoms. The second-order valence-electron chi connectivity index (χ2n) is 8.49. The number of phenolic OH excluding ortho intramolecular Hbond substituents is 1. The van der Waals surface area contributed by atoms with Crippen LogP contribution in [-0.2, 0) is 11.2 Å². The van der Waals surface area contributed by atoms with E-state index >= 15 is 0 Å². The summed E-state index contributed by atoms with van der Waals surface area (Å²) in [5, 5.41) is 12.3. The number of hydrogen-bond donors (Lipinski definition) is 2. The summed E-state index contributed by atoms with van der Waals surface area (Å²) in [6.45, 7) is 0.311. The van der Waals surface area contributed by atoms with Crippen LogP contribution in [0, 0.1) is 5.41 Å². The van der Waals surface area contributed by atoms with E-state index in [9.17, 15) is 23.1 Å². The van der Waals surface area contributed by atoms with Gasteiger partial charge in [0.1, 0.15) is 5.75 Å². The molecular formula is C23H28F3N3O2. The summed E-state index contributed by atoms with van der Waals surface area (Å²) in [4.78, 5) is 18.6. The van der Waals surface area contributed by atoms with Crippen molar-refractivity contribution in [2.45, 2.75) is 43.8 Å². The van der Waals surface area contributed by atoms with Crippen LogP contribution in [0.1, 0.15) is 36.3 Å². The number of phenols is 1. The third-order valence-corrected chi connectivity index (χ3v) is 6.17. The van der Waals surface area contributed by atoms with Crippen LogP contribution < -0.4 is 5.32 Å². The molecular weight excluding hydrogens is 407 g/mol. The predicted octanol–water partition coefficient (Wildman–Crippen LogP) is 3.89. The van der Waals surface area contributed by atoms with E-state index in [0.717, 1.165) is 5.56 Å². The maximum Gasteiger partial charge on any atom is 0.395 e. The Morgan fingerprint density at radius 1 is 1.23 bits per heavy atom. The van der Waals surface area contributed by atoms with E-state index in [1.807, 2.05) is 31.1 Å². The molecule has 1 amide bonds. The lowest BCUT2D eigenvalue weighted by Gasteiger charge is -2.30. The highest BCUT2D eigenvalue weighted by atomic mass is 19.4. The van der Waals surface area contributed by atoms with Crippen LogP contribution in [0.15, 0.2) is 48.8 Å². The number of benzene rings is 1. The van der Waals surface area contributed by atoms with Gasteiger partial charge in [0.15, 0.2) is 0 Å². The van der Waals surface area contributed by atoms with E-state index in [0.29, 0.717) is 18.5 Å². The van der Waals surface area contributed by atoms with Crippen LogP contribution in [0.2, 0.25) is 0 Å². The molecule has 3 rings (SSSR count). The number of aromatic hydroxyl groups is 1. The smallest absolute Gasteiger partial charge is 0.395 e. The lowest BCUT2D eigenvalue weighted by Crippen LogP contribution is -2.42. The van der Waals surface area contributed by atoms with Crippen LogP contribution in [0.3, 0.4) is 0 Å². The second kappa shape index (κ2) is 9.26. The molecule has 1 heterocycles. The Balaban J connectivity index is 1.67. The van der Waals surface area contributed by atoms with Gasteiger partial charge in [0, 0.05) is 37.3 Å². The van der Waals surface area contributed by atoms with Crippen molar-refractivity contribution in [3.63, 3.8) is 0 Å². The van der Waals surface area contributed by atoms with Gasteiger partial charge in [0.2, 0.25) is 5.91 Å². The van der Waals surface area contributed by atoms with Gasteiger partial charge in [0.05, 0.1) is 5.41 Å². The van der Waals surface area contributed by atoms with Gasteiger partial charge in [0.25, 0.3) is 0 Å². The molecule has 0 saturated heterocycles. The highest BCUT2D eigenvalue weighted by molar-refractivity contribution is 5.77. The zero-order chi connectivity index (χ0) is 22.6. The summed E-state index contributed by atoms with van der Waals surface area (Å²) in [5.74, 6) is -1.17. The molecule has 0 radical (unpaired) electrons. The van der Waals surface area contributed by atoms with Crippen LogP contribution in [0.4, 0.5) is 13.2 Å². The molecule has 0 aliphatic heterocycles. The number of carbonyl (C=O) groups excluding carboxylic acids is 1. The van der Waals surface area contributed by atoms with Crippen molar-refractivity contribution in [1.29, 1.82) is 0 Å². The summed E-state index contributed by atoms with van der Waals surface area (Å²) in [6, 6.07) is 10.0. The topological polar surface area (TPSA) is 65.5 Å². The molecule has 1 aromatic heterocycles. The van der Waals surface area contributed by atoms with Crippen molar-refractivity contribution in [3.05, 3.63) is 59.9 Å². The molecule has 2 aromatic rings. The fraction of sp³-hybridized carbons (Fsp3) is 0.478. The van der Waals surface area contributed by atoms with Crippen molar-refractivity contribution in [3.8, 4) is 5.75 Å². The Bertz CT molecular complexity index is 866. The maximum absolute atomic E-state index is 13.8. The first-order valence-electron chi connectivity index (χ1n) is 10.3. The van der Waals surface area contributed by atoms with Gasteiger partial charge in [-0.05, 0) is 62.7 Å². The zero-order valence-corrected chi connectivity index (χ0v) is 17.7. The van der Waals surface area contributed by atoms with E-state index in [2.05, 4.69) is 10.3 Å². The number of aromatic nitrogens is 1. The summed E-state index contributed by atoms with van der Waals surface area (Å²) >= 11 is 0. The summed E-state index contributed by atoms with van der Waals surface area (Å²) < 4.78 is 41.4. The quantitative estimate of drug-likeness (QED) is 0.627. The summed E-state index contributed by atoms with van der Waals surface area (Å²) in [7, 11) is 3.77. The fourth-order valence-corrected chi connectivity index (χ4v) is 4.01. The van der Waals surface area contributed by atoms with Crippen molar-refractivity contribution in [2.75, 3.05) is 20.6 Å². The first-order valence-corrected chi connectivity index (χ1v) is 10.3. The highest BCUT2D eigenvalue weighted by Gasteiger charge is 2.67. The standard InChI is InChI=1S/C23H28F3N3O2/c1-29(2)18(12-16-5-7-19(30)8-6-16)15-28-21(31)13-20(17-4-3-11-27-14-17)22(9-10-22)23(24,25)26/h3-8,11,14,18,20,30H,9-10,12-13,15H2,1-2H3,(H,28,31)/t18-,20-/m0/s1. The van der Waals surface area contributed by atoms with E-state index in [1.165, 1.54) is 12.4 Å². The Morgan fingerprint density at radius 2 is 1.90 bits per heavy atom. The van der Waals surface area contributed by atoms with Crippen molar-refractivity contribution in [1.82, 2.24) is 15.2 Å². The third kappa shape index (κ3) is 5.55. The number of nitrogens with one attached hydrogen (secondary N) is 1. The van der Waals surface area contributed by atoms with Gasteiger partial charge in [-0.2, -0.15) is 13.2 Å². The van der Waals surface area contributed by atoms with Crippen molar-refractivity contribution in [2.24, 2.45) is 5.41 Å². The highest BCUT2D eigenvalue weighted by Crippen LogP contribution is 2.66. The van der Waals surface area contributed by atoms with Gasteiger partial charge in [-0.15, -0.1) is 0 Å². The normalized spacial score (nSPS) is 17.2. The van der Waals surface area contributed by atoms with Crippen LogP contribution in [0.5, 0.6) is 5.75 Å². The molecule has 0 bridgehead atoms. The number of rotatable bonds is 9. The molecule has 2 atom stereocenters. The summed E-state index contributed by atoms with van der Waals surface area (Å²) in [5.41, 5.74) is -0.408. The van der Waals surface area contributed by atoms with Crippen LogP contribution in [-0.4, -0.2) is 53.8 Å². The molecule has 1 saturated carbocycles. The number of pyridine rings is 1. The van der Waals surface area contributed by atoms with Crippen molar-refractivity contribution >= 4 is 5.91 Å². The monoisotopic (exact) mass is 435 g/mol. The van der Waals surface area contributed by atoms with E-state index in [-0.39, 0.29) is 31.1 Å². The number of likely N-dealkylation sites (N-methyl/N-ethyl adjacent to an activating group) is 1. The number of halogens is 3. The van der Waals surface area contributed by atoms with Crippen molar-refractivity contribution < 1.29 is 23.1 Å². The minimum atomic E-state index is -4.36. The average molecular weight is 435 g/mol. The van der Waals surface area contributed by atoms with E-state index in [1.54, 1.807) is 24.3 Å². The number of carbonyl (C=O) groups is 1. The molecule has 2 N–H and O–H groups in total. The lowest BCUT2D eigenvalue weighted by atomic mass is 9.80. The van der Waals surface area contributed by atoms with Gasteiger partial charge < -0.3 is 15.3 Å². The molecule has 8 heteroatoms. The predicted molar refractivity (Wildman–Crippen MR) is 112 cm³/mol. The Hall–Kier alpha value is -2.61. The number of alkyl halides is 3. The van der Waals surface area contributed by atoms with Gasteiger partial charge in [-0.1, -0.05) is 18.2 Å². The SMILES string of the molecule is CN(C)[C@H](CNC(=O)C[C@@H](c1cccnc1)C1(C(F)(F)F)CC1)Cc1ccc(O)cc1. The van der Waals surface area contributed by atoms with Gasteiger partial charge in [-0.25, -0.2) is 0 Å². The van der Waals surface area contributed by atoms with E-state index < -0.39 is 23.4 Å². The first-order chi connectivity index (χ1) is 14.6. The van der Waals surface area contributed by atoms with Gasteiger partial charge in [-0.3, -0.25) is 9.78 Å². The van der Waals surface area contributed by atoms with E-state index in [4.69, 9.17) is 0 Å². The molecule has 1 aromatic carbocycles. The zero-order valence-electron chi connectivity index (χ0n) is 17.7. The largest absolute Gasteiger partial charge is 0.508 e. The Kier molecular flexibility index (Phi) is 6.89. The average Bonchev–Trinajstić information content (AvgIpc) is 3.53. The first kappa shape index (κ1) is 23.1. The number of amides is 1. The van der Waals surface area contributed by atoms with Crippen LogP contribution >= 0.6 is 0 Å². The molecule has 5 nitrogen and oxygen atoms in total.